The number of rotatable bonds is 6. The van der Waals surface area contributed by atoms with Crippen molar-refractivity contribution in [2.24, 2.45) is 0 Å². The van der Waals surface area contributed by atoms with Crippen LogP contribution in [0.5, 0.6) is 0 Å². The number of benzene rings is 2. The van der Waals surface area contributed by atoms with Crippen LogP contribution in [0, 0.1) is 13.8 Å². The summed E-state index contributed by atoms with van der Waals surface area (Å²) >= 11 is 0. The van der Waals surface area contributed by atoms with E-state index in [4.69, 9.17) is 0 Å². The Morgan fingerprint density at radius 2 is 1.62 bits per heavy atom. The lowest BCUT2D eigenvalue weighted by molar-refractivity contribution is -0.116. The molecule has 0 aromatic heterocycles. The van der Waals surface area contributed by atoms with Crippen molar-refractivity contribution in [1.29, 1.82) is 0 Å². The molecule has 3 heteroatoms. The highest BCUT2D eigenvalue weighted by Gasteiger charge is 2.04. The summed E-state index contributed by atoms with van der Waals surface area (Å²) in [6.07, 6.45) is 0.472. The summed E-state index contributed by atoms with van der Waals surface area (Å²) in [5, 5.41) is 6.25. The van der Waals surface area contributed by atoms with E-state index in [1.807, 2.05) is 43.3 Å². The second-order valence-corrected chi connectivity index (χ2v) is 5.22. The fraction of sp³-hybridized carbons (Fsp3) is 0.278. The average molecular weight is 282 g/mol. The zero-order valence-electron chi connectivity index (χ0n) is 12.6. The summed E-state index contributed by atoms with van der Waals surface area (Å²) in [4.78, 5) is 11.9. The maximum absolute atomic E-state index is 11.9. The molecule has 0 spiro atoms. The van der Waals surface area contributed by atoms with E-state index in [1.54, 1.807) is 0 Å². The van der Waals surface area contributed by atoms with Gasteiger partial charge < -0.3 is 10.6 Å². The van der Waals surface area contributed by atoms with Crippen molar-refractivity contribution in [3.05, 3.63) is 65.2 Å². The number of carbonyl (C=O) groups excluding carboxylic acids is 1. The first-order valence-electron chi connectivity index (χ1n) is 7.27. The van der Waals surface area contributed by atoms with Crippen LogP contribution in [0.2, 0.25) is 0 Å². The van der Waals surface area contributed by atoms with Crippen molar-refractivity contribution in [3.63, 3.8) is 0 Å². The van der Waals surface area contributed by atoms with E-state index in [9.17, 15) is 4.79 Å². The van der Waals surface area contributed by atoms with Gasteiger partial charge >= 0.3 is 0 Å². The van der Waals surface area contributed by atoms with Crippen molar-refractivity contribution in [3.8, 4) is 0 Å². The quantitative estimate of drug-likeness (QED) is 0.797. The van der Waals surface area contributed by atoms with Crippen molar-refractivity contribution >= 4 is 11.6 Å². The van der Waals surface area contributed by atoms with Crippen molar-refractivity contribution in [2.45, 2.75) is 26.8 Å². The molecule has 0 aliphatic heterocycles. The first-order chi connectivity index (χ1) is 10.2. The molecule has 3 nitrogen and oxygen atoms in total. The molecule has 110 valence electrons. The molecule has 0 saturated carbocycles. The predicted octanol–water partition coefficient (Wildman–Crippen LogP) is 3.42. The molecule has 0 heterocycles. The third-order valence-corrected chi connectivity index (χ3v) is 3.52. The molecule has 2 N–H and O–H groups in total. The van der Waals surface area contributed by atoms with Gasteiger partial charge in [0.05, 0.1) is 0 Å². The van der Waals surface area contributed by atoms with E-state index in [2.05, 4.69) is 29.7 Å². The van der Waals surface area contributed by atoms with Crippen LogP contribution in [0.1, 0.15) is 23.1 Å². The van der Waals surface area contributed by atoms with E-state index in [0.717, 1.165) is 17.8 Å². The lowest BCUT2D eigenvalue weighted by Gasteiger charge is -2.09. The Morgan fingerprint density at radius 3 is 2.33 bits per heavy atom. The van der Waals surface area contributed by atoms with Gasteiger partial charge in [-0.25, -0.2) is 0 Å². The highest BCUT2D eigenvalue weighted by molar-refractivity contribution is 5.91. The average Bonchev–Trinajstić information content (AvgIpc) is 2.48. The van der Waals surface area contributed by atoms with Gasteiger partial charge in [-0.15, -0.1) is 0 Å². The SMILES string of the molecule is Cc1ccccc1CNCCC(=O)Nc1ccccc1C. The highest BCUT2D eigenvalue weighted by atomic mass is 16.1. The summed E-state index contributed by atoms with van der Waals surface area (Å²) in [7, 11) is 0. The van der Waals surface area contributed by atoms with Crippen LogP contribution in [0.4, 0.5) is 5.69 Å². The first kappa shape index (κ1) is 15.3. The molecule has 0 atom stereocenters. The molecular weight excluding hydrogens is 260 g/mol. The van der Waals surface area contributed by atoms with Gasteiger partial charge in [0.15, 0.2) is 0 Å². The molecule has 0 aliphatic rings. The number of hydrogen-bond donors (Lipinski definition) is 2. The van der Waals surface area contributed by atoms with E-state index < -0.39 is 0 Å². The van der Waals surface area contributed by atoms with E-state index >= 15 is 0 Å². The normalized spacial score (nSPS) is 10.4. The largest absolute Gasteiger partial charge is 0.326 e. The summed E-state index contributed by atoms with van der Waals surface area (Å²) in [5.74, 6) is 0.0431. The number of anilines is 1. The Kier molecular flexibility index (Phi) is 5.52. The number of carbonyl (C=O) groups is 1. The van der Waals surface area contributed by atoms with Crippen LogP contribution >= 0.6 is 0 Å². The number of hydrogen-bond acceptors (Lipinski definition) is 2. The highest BCUT2D eigenvalue weighted by Crippen LogP contribution is 2.13. The zero-order valence-corrected chi connectivity index (χ0v) is 12.6. The molecule has 0 fully saturated rings. The molecule has 2 rings (SSSR count). The Hall–Kier alpha value is -2.13. The maximum Gasteiger partial charge on any atom is 0.225 e. The fourth-order valence-electron chi connectivity index (χ4n) is 2.16. The van der Waals surface area contributed by atoms with E-state index in [1.165, 1.54) is 11.1 Å². The molecular formula is C18H22N2O. The van der Waals surface area contributed by atoms with Crippen LogP contribution in [0.15, 0.2) is 48.5 Å². The molecule has 0 radical (unpaired) electrons. The van der Waals surface area contributed by atoms with Gasteiger partial charge in [0.1, 0.15) is 0 Å². The van der Waals surface area contributed by atoms with Gasteiger partial charge in [0, 0.05) is 25.2 Å². The van der Waals surface area contributed by atoms with Gasteiger partial charge in [-0.2, -0.15) is 0 Å². The second-order valence-electron chi connectivity index (χ2n) is 5.22. The Bertz CT molecular complexity index is 608. The monoisotopic (exact) mass is 282 g/mol. The van der Waals surface area contributed by atoms with Gasteiger partial charge in [0.25, 0.3) is 0 Å². The maximum atomic E-state index is 11.9. The number of nitrogens with one attached hydrogen (secondary N) is 2. The number of amides is 1. The lowest BCUT2D eigenvalue weighted by atomic mass is 10.1. The first-order valence-corrected chi connectivity index (χ1v) is 7.27. The topological polar surface area (TPSA) is 41.1 Å². The summed E-state index contributed by atoms with van der Waals surface area (Å²) in [6.45, 7) is 5.56. The molecule has 2 aromatic carbocycles. The molecule has 21 heavy (non-hydrogen) atoms. The summed E-state index contributed by atoms with van der Waals surface area (Å²) < 4.78 is 0. The Labute approximate surface area is 126 Å². The zero-order chi connectivity index (χ0) is 15.1. The Morgan fingerprint density at radius 1 is 0.952 bits per heavy atom. The van der Waals surface area contributed by atoms with Crippen molar-refractivity contribution < 1.29 is 4.79 Å². The third-order valence-electron chi connectivity index (χ3n) is 3.52. The Balaban J connectivity index is 1.73. The molecule has 2 aromatic rings. The van der Waals surface area contributed by atoms with Crippen LogP contribution in [0.25, 0.3) is 0 Å². The molecule has 1 amide bonds. The fourth-order valence-corrected chi connectivity index (χ4v) is 2.16. The van der Waals surface area contributed by atoms with Crippen LogP contribution in [-0.4, -0.2) is 12.5 Å². The molecule has 0 aliphatic carbocycles. The van der Waals surface area contributed by atoms with Crippen LogP contribution in [0.3, 0.4) is 0 Å². The molecule has 0 saturated heterocycles. The molecule has 0 bridgehead atoms. The minimum absolute atomic E-state index is 0.0431. The minimum Gasteiger partial charge on any atom is -0.326 e. The van der Waals surface area contributed by atoms with Crippen LogP contribution in [-0.2, 0) is 11.3 Å². The van der Waals surface area contributed by atoms with Gasteiger partial charge in [0.2, 0.25) is 5.91 Å². The summed E-state index contributed by atoms with van der Waals surface area (Å²) in [5.41, 5.74) is 4.52. The van der Waals surface area contributed by atoms with Crippen LogP contribution < -0.4 is 10.6 Å². The third kappa shape index (κ3) is 4.72. The van der Waals surface area contributed by atoms with Gasteiger partial charge in [-0.05, 0) is 36.6 Å². The predicted molar refractivity (Wildman–Crippen MR) is 87.3 cm³/mol. The lowest BCUT2D eigenvalue weighted by Crippen LogP contribution is -2.22. The van der Waals surface area contributed by atoms with E-state index in [0.29, 0.717) is 13.0 Å². The smallest absolute Gasteiger partial charge is 0.225 e. The minimum atomic E-state index is 0.0431. The standard InChI is InChI=1S/C18H22N2O/c1-14-7-3-5-9-16(14)13-19-12-11-18(21)20-17-10-6-4-8-15(17)2/h3-10,19H,11-13H2,1-2H3,(H,20,21). The van der Waals surface area contributed by atoms with Gasteiger partial charge in [-0.3, -0.25) is 4.79 Å². The second kappa shape index (κ2) is 7.60. The summed E-state index contributed by atoms with van der Waals surface area (Å²) in [6, 6.07) is 16.1. The number of aryl methyl sites for hydroxylation is 2. The van der Waals surface area contributed by atoms with E-state index in [-0.39, 0.29) is 5.91 Å². The molecule has 0 unspecified atom stereocenters. The number of para-hydroxylation sites is 1. The van der Waals surface area contributed by atoms with Gasteiger partial charge in [-0.1, -0.05) is 42.5 Å². The van der Waals surface area contributed by atoms with Crippen molar-refractivity contribution in [1.82, 2.24) is 5.32 Å². The van der Waals surface area contributed by atoms with Crippen molar-refractivity contribution in [2.75, 3.05) is 11.9 Å².